The Bertz CT molecular complexity index is 564. The van der Waals surface area contributed by atoms with Gasteiger partial charge in [-0.1, -0.05) is 45.9 Å². The summed E-state index contributed by atoms with van der Waals surface area (Å²) in [6.45, 7) is 11.7. The highest BCUT2D eigenvalue weighted by Gasteiger charge is 2.24. The largest absolute Gasteiger partial charge is 0.296 e. The molecule has 1 fully saturated rings. The zero-order valence-electron chi connectivity index (χ0n) is 15.9. The maximum atomic E-state index is 11.2. The summed E-state index contributed by atoms with van der Waals surface area (Å²) >= 11 is 0. The van der Waals surface area contributed by atoms with Crippen LogP contribution >= 0.6 is 0 Å². The lowest BCUT2D eigenvalue weighted by atomic mass is 9.96. The molecule has 0 spiro atoms. The zero-order chi connectivity index (χ0) is 18.7. The molecule has 1 atom stereocenters. The van der Waals surface area contributed by atoms with Crippen molar-refractivity contribution >= 4 is 17.6 Å². The van der Waals surface area contributed by atoms with Crippen LogP contribution in [0.4, 0.5) is 0 Å². The first-order chi connectivity index (χ1) is 11.4. The van der Waals surface area contributed by atoms with Gasteiger partial charge in [-0.25, -0.2) is 0 Å². The topological polar surface area (TPSA) is 63.2 Å². The van der Waals surface area contributed by atoms with Gasteiger partial charge in [0.15, 0.2) is 5.78 Å². The summed E-state index contributed by atoms with van der Waals surface area (Å²) in [4.78, 5) is 32.7. The van der Waals surface area contributed by atoms with E-state index in [1.807, 2.05) is 45.9 Å². The van der Waals surface area contributed by atoms with E-state index in [-0.39, 0.29) is 23.5 Å². The Balaban J connectivity index is 0.000000405. The summed E-state index contributed by atoms with van der Waals surface area (Å²) in [5.41, 5.74) is 3.27. The zero-order valence-corrected chi connectivity index (χ0v) is 15.9. The molecule has 1 N–H and O–H groups in total. The molecule has 2 amide bonds. The average molecular weight is 333 g/mol. The van der Waals surface area contributed by atoms with Crippen LogP contribution in [0.1, 0.15) is 75.4 Å². The Morgan fingerprint density at radius 3 is 2.25 bits per heavy atom. The molecule has 0 bridgehead atoms. The lowest BCUT2D eigenvalue weighted by Gasteiger charge is -2.18. The number of imide groups is 1. The molecule has 4 nitrogen and oxygen atoms in total. The van der Waals surface area contributed by atoms with E-state index in [0.29, 0.717) is 6.42 Å². The first-order valence-corrected chi connectivity index (χ1v) is 8.83. The third kappa shape index (κ3) is 6.65. The number of carbonyl (C=O) groups excluding carboxylic acids is 3. The van der Waals surface area contributed by atoms with Gasteiger partial charge < -0.3 is 0 Å². The molecular formula is C20H31NO3. The molecule has 1 aromatic rings. The van der Waals surface area contributed by atoms with E-state index >= 15 is 0 Å². The number of hydrogen-bond donors (Lipinski definition) is 1. The third-order valence-corrected chi connectivity index (χ3v) is 3.99. The van der Waals surface area contributed by atoms with Gasteiger partial charge >= 0.3 is 0 Å². The number of nitrogens with one attached hydrogen (secondary N) is 1. The smallest absolute Gasteiger partial charge is 0.229 e. The standard InChI is InChI=1S/C11H14O.C7H11NO2.C2H6/c1-4-10-8(2)6-5-7-11(10)9(3)12;1-2-5-3-4-6(9)8-7(5)10;1-2/h5-7H,4H2,1-3H3;5H,2-4H2,1H3,(H,8,9,10);1-2H3. The molecule has 134 valence electrons. The van der Waals surface area contributed by atoms with Crippen molar-refractivity contribution in [2.45, 2.75) is 67.2 Å². The van der Waals surface area contributed by atoms with E-state index in [2.05, 4.69) is 12.2 Å². The molecule has 4 heteroatoms. The molecule has 0 aliphatic carbocycles. The summed E-state index contributed by atoms with van der Waals surface area (Å²) < 4.78 is 0. The summed E-state index contributed by atoms with van der Waals surface area (Å²) in [5.74, 6) is 0.00157. The predicted molar refractivity (Wildman–Crippen MR) is 98.1 cm³/mol. The minimum absolute atomic E-state index is 0.0673. The fourth-order valence-corrected chi connectivity index (χ4v) is 2.63. The van der Waals surface area contributed by atoms with Gasteiger partial charge in [-0.05, 0) is 44.2 Å². The van der Waals surface area contributed by atoms with Crippen LogP contribution in [0.15, 0.2) is 18.2 Å². The van der Waals surface area contributed by atoms with Crippen LogP contribution < -0.4 is 5.32 Å². The highest BCUT2D eigenvalue weighted by molar-refractivity contribution is 5.98. The summed E-state index contributed by atoms with van der Waals surface area (Å²) in [6, 6.07) is 5.88. The van der Waals surface area contributed by atoms with Crippen LogP contribution in [-0.4, -0.2) is 17.6 Å². The van der Waals surface area contributed by atoms with Crippen molar-refractivity contribution in [3.63, 3.8) is 0 Å². The monoisotopic (exact) mass is 333 g/mol. The highest BCUT2D eigenvalue weighted by atomic mass is 16.2. The van der Waals surface area contributed by atoms with Crippen LogP contribution in [0.25, 0.3) is 0 Å². The van der Waals surface area contributed by atoms with Gasteiger partial charge in [0.1, 0.15) is 0 Å². The molecule has 1 aromatic carbocycles. The van der Waals surface area contributed by atoms with E-state index in [4.69, 9.17) is 0 Å². The van der Waals surface area contributed by atoms with Crippen molar-refractivity contribution in [2.75, 3.05) is 0 Å². The van der Waals surface area contributed by atoms with Crippen LogP contribution in [0, 0.1) is 12.8 Å². The molecular weight excluding hydrogens is 302 g/mol. The van der Waals surface area contributed by atoms with Crippen LogP contribution in [0.3, 0.4) is 0 Å². The van der Waals surface area contributed by atoms with E-state index in [1.165, 1.54) is 11.1 Å². The van der Waals surface area contributed by atoms with Crippen molar-refractivity contribution in [3.8, 4) is 0 Å². The average Bonchev–Trinajstić information content (AvgIpc) is 2.57. The first kappa shape index (κ1) is 22.0. The Hall–Kier alpha value is -1.97. The molecule has 1 aliphatic heterocycles. The summed E-state index contributed by atoms with van der Waals surface area (Å²) in [5, 5.41) is 2.30. The van der Waals surface area contributed by atoms with Gasteiger partial charge in [0.25, 0.3) is 0 Å². The van der Waals surface area contributed by atoms with Crippen molar-refractivity contribution in [1.29, 1.82) is 0 Å². The number of aryl methyl sites for hydroxylation is 1. The van der Waals surface area contributed by atoms with Crippen molar-refractivity contribution in [2.24, 2.45) is 5.92 Å². The molecule has 24 heavy (non-hydrogen) atoms. The van der Waals surface area contributed by atoms with Gasteiger partial charge in [0.05, 0.1) is 0 Å². The van der Waals surface area contributed by atoms with Crippen molar-refractivity contribution in [3.05, 3.63) is 34.9 Å². The van der Waals surface area contributed by atoms with Crippen molar-refractivity contribution in [1.82, 2.24) is 5.32 Å². The quantitative estimate of drug-likeness (QED) is 0.665. The Morgan fingerprint density at radius 1 is 1.21 bits per heavy atom. The normalized spacial score (nSPS) is 16.2. The number of Topliss-reactive ketones (excluding diaryl/α,β-unsaturated/α-hetero) is 1. The predicted octanol–water partition coefficient (Wildman–Crippen LogP) is 4.24. The van der Waals surface area contributed by atoms with Gasteiger partial charge in [0.2, 0.25) is 11.8 Å². The highest BCUT2D eigenvalue weighted by Crippen LogP contribution is 2.15. The second-order valence-corrected chi connectivity index (χ2v) is 5.57. The number of ketones is 1. The maximum Gasteiger partial charge on any atom is 0.229 e. The maximum absolute atomic E-state index is 11.2. The Morgan fingerprint density at radius 2 is 1.83 bits per heavy atom. The molecule has 0 radical (unpaired) electrons. The number of rotatable bonds is 3. The van der Waals surface area contributed by atoms with Crippen LogP contribution in [0.5, 0.6) is 0 Å². The number of amides is 2. The minimum Gasteiger partial charge on any atom is -0.296 e. The number of hydrogen-bond acceptors (Lipinski definition) is 3. The summed E-state index contributed by atoms with van der Waals surface area (Å²) in [6.07, 6.45) is 2.99. The molecule has 1 saturated heterocycles. The lowest BCUT2D eigenvalue weighted by Crippen LogP contribution is -2.40. The number of benzene rings is 1. The molecule has 1 heterocycles. The minimum atomic E-state index is -0.130. The van der Waals surface area contributed by atoms with Crippen LogP contribution in [-0.2, 0) is 16.0 Å². The van der Waals surface area contributed by atoms with Gasteiger partial charge in [-0.2, -0.15) is 0 Å². The first-order valence-electron chi connectivity index (χ1n) is 8.83. The van der Waals surface area contributed by atoms with E-state index in [9.17, 15) is 14.4 Å². The molecule has 1 unspecified atom stereocenters. The van der Waals surface area contributed by atoms with Gasteiger partial charge in [0, 0.05) is 17.9 Å². The number of piperidine rings is 1. The van der Waals surface area contributed by atoms with Gasteiger partial charge in [-0.15, -0.1) is 0 Å². The Kier molecular flexibility index (Phi) is 10.6. The fraction of sp³-hybridized carbons (Fsp3) is 0.550. The van der Waals surface area contributed by atoms with Gasteiger partial charge in [-0.3, -0.25) is 19.7 Å². The molecule has 0 saturated carbocycles. The van der Waals surface area contributed by atoms with E-state index in [1.54, 1.807) is 6.92 Å². The second kappa shape index (κ2) is 11.5. The fourth-order valence-electron chi connectivity index (χ4n) is 2.63. The van der Waals surface area contributed by atoms with Crippen molar-refractivity contribution < 1.29 is 14.4 Å². The molecule has 1 aliphatic rings. The van der Waals surface area contributed by atoms with Crippen LogP contribution in [0.2, 0.25) is 0 Å². The second-order valence-electron chi connectivity index (χ2n) is 5.57. The molecule has 0 aromatic heterocycles. The molecule has 2 rings (SSSR count). The lowest BCUT2D eigenvalue weighted by molar-refractivity contribution is -0.136. The Labute approximate surface area is 146 Å². The third-order valence-electron chi connectivity index (χ3n) is 3.99. The summed E-state index contributed by atoms with van der Waals surface area (Å²) in [7, 11) is 0. The number of carbonyl (C=O) groups is 3. The SMILES string of the molecule is CC.CCC1CCC(=O)NC1=O.CCc1c(C)cccc1C(C)=O. The van der Waals surface area contributed by atoms with E-state index in [0.717, 1.165) is 24.8 Å². The van der Waals surface area contributed by atoms with E-state index < -0.39 is 0 Å².